The van der Waals surface area contributed by atoms with Gasteiger partial charge in [-0.05, 0) is 25.5 Å². The van der Waals surface area contributed by atoms with E-state index in [2.05, 4.69) is 29.9 Å². The van der Waals surface area contributed by atoms with Crippen LogP contribution < -0.4 is 5.73 Å². The van der Waals surface area contributed by atoms with E-state index in [4.69, 9.17) is 5.73 Å². The van der Waals surface area contributed by atoms with Crippen LogP contribution in [0.15, 0.2) is 24.4 Å². The Kier molecular flexibility index (Phi) is 3.35. The van der Waals surface area contributed by atoms with Crippen LogP contribution in [0.3, 0.4) is 0 Å². The molecule has 2 aromatic heterocycles. The van der Waals surface area contributed by atoms with E-state index in [0.29, 0.717) is 17.0 Å². The molecule has 6 heteroatoms. The molecule has 0 amide bonds. The van der Waals surface area contributed by atoms with E-state index in [0.717, 1.165) is 16.9 Å². The van der Waals surface area contributed by atoms with Crippen molar-refractivity contribution in [3.63, 3.8) is 0 Å². The number of thiazole rings is 1. The van der Waals surface area contributed by atoms with E-state index >= 15 is 0 Å². The van der Waals surface area contributed by atoms with Gasteiger partial charge >= 0.3 is 0 Å². The number of imidazole rings is 1. The zero-order chi connectivity index (χ0) is 15.0. The molecule has 3 rings (SSSR count). The molecule has 1 aromatic carbocycles. The minimum Gasteiger partial charge on any atom is -0.369 e. The van der Waals surface area contributed by atoms with Crippen LogP contribution in [-0.2, 0) is 6.42 Å². The second kappa shape index (κ2) is 5.19. The predicted octanol–water partition coefficient (Wildman–Crippen LogP) is 3.12. The minimum absolute atomic E-state index is 0.00533. The molecule has 3 aromatic rings. The summed E-state index contributed by atoms with van der Waals surface area (Å²) in [6, 6.07) is 7.69. The van der Waals surface area contributed by atoms with Crippen LogP contribution in [0.1, 0.15) is 35.3 Å². The van der Waals surface area contributed by atoms with Gasteiger partial charge in [0.2, 0.25) is 5.95 Å². The summed E-state index contributed by atoms with van der Waals surface area (Å²) >= 11 is 1.69. The Hall–Kier alpha value is -2.39. The number of nitrogens with two attached hydrogens (primary N) is 1. The van der Waals surface area contributed by atoms with E-state index < -0.39 is 0 Å². The quantitative estimate of drug-likeness (QED) is 0.805. The first-order valence-corrected chi connectivity index (χ1v) is 7.58. The molecule has 106 valence electrons. The van der Waals surface area contributed by atoms with Gasteiger partial charge in [0.25, 0.3) is 0 Å². The number of anilines is 1. The number of hydrogen-bond acceptors (Lipinski definition) is 5. The fourth-order valence-electron chi connectivity index (χ4n) is 2.42. The highest BCUT2D eigenvalue weighted by molar-refractivity contribution is 7.11. The Morgan fingerprint density at radius 2 is 2.29 bits per heavy atom. The van der Waals surface area contributed by atoms with Crippen molar-refractivity contribution in [2.24, 2.45) is 0 Å². The number of para-hydroxylation sites is 1. The van der Waals surface area contributed by atoms with Crippen molar-refractivity contribution in [3.8, 4) is 6.07 Å². The fourth-order valence-corrected chi connectivity index (χ4v) is 3.32. The first kappa shape index (κ1) is 13.6. The highest BCUT2D eigenvalue weighted by atomic mass is 32.1. The Balaban J connectivity index is 2.16. The molecule has 0 spiro atoms. The summed E-state index contributed by atoms with van der Waals surface area (Å²) in [6.45, 7) is 4.16. The molecule has 0 fully saturated rings. The molecule has 1 atom stereocenters. The fraction of sp³-hybridized carbons (Fsp3) is 0.267. The maximum absolute atomic E-state index is 9.18. The Morgan fingerprint density at radius 1 is 1.48 bits per heavy atom. The highest BCUT2D eigenvalue weighted by Crippen LogP contribution is 2.30. The van der Waals surface area contributed by atoms with Gasteiger partial charge in [-0.1, -0.05) is 13.0 Å². The second-order valence-corrected chi connectivity index (χ2v) is 5.97. The summed E-state index contributed by atoms with van der Waals surface area (Å²) in [5.41, 5.74) is 8.13. The van der Waals surface area contributed by atoms with Gasteiger partial charge in [-0.3, -0.25) is 0 Å². The van der Waals surface area contributed by atoms with E-state index in [-0.39, 0.29) is 6.04 Å². The first-order chi connectivity index (χ1) is 10.2. The Bertz CT molecular complexity index is 839. The van der Waals surface area contributed by atoms with Crippen molar-refractivity contribution in [2.45, 2.75) is 26.3 Å². The van der Waals surface area contributed by atoms with Crippen LogP contribution in [0, 0.1) is 11.3 Å². The Morgan fingerprint density at radius 3 is 2.95 bits per heavy atom. The van der Waals surface area contributed by atoms with Gasteiger partial charge in [0.05, 0.1) is 17.1 Å². The summed E-state index contributed by atoms with van der Waals surface area (Å²) in [7, 11) is 0. The summed E-state index contributed by atoms with van der Waals surface area (Å²) < 4.78 is 1.94. The van der Waals surface area contributed by atoms with Crippen LogP contribution in [-0.4, -0.2) is 14.5 Å². The maximum atomic E-state index is 9.18. The molecule has 21 heavy (non-hydrogen) atoms. The third kappa shape index (κ3) is 2.16. The largest absolute Gasteiger partial charge is 0.369 e. The predicted molar refractivity (Wildman–Crippen MR) is 84.2 cm³/mol. The molecule has 0 saturated carbocycles. The zero-order valence-electron chi connectivity index (χ0n) is 11.9. The molecule has 2 N–H and O–H groups in total. The van der Waals surface area contributed by atoms with E-state index in [9.17, 15) is 5.26 Å². The maximum Gasteiger partial charge on any atom is 0.201 e. The summed E-state index contributed by atoms with van der Waals surface area (Å²) in [5.74, 6) is 0.411. The van der Waals surface area contributed by atoms with Crippen LogP contribution in [0.5, 0.6) is 0 Å². The van der Waals surface area contributed by atoms with Gasteiger partial charge in [0.1, 0.15) is 16.6 Å². The average Bonchev–Trinajstić information content (AvgIpc) is 3.09. The molecule has 0 radical (unpaired) electrons. The zero-order valence-corrected chi connectivity index (χ0v) is 12.7. The van der Waals surface area contributed by atoms with E-state index in [1.165, 1.54) is 4.88 Å². The molecule has 0 saturated heterocycles. The number of rotatable bonds is 3. The molecule has 0 bridgehead atoms. The lowest BCUT2D eigenvalue weighted by Crippen LogP contribution is -2.09. The topological polar surface area (TPSA) is 80.5 Å². The van der Waals surface area contributed by atoms with Gasteiger partial charge in [-0.2, -0.15) is 5.26 Å². The number of nitriles is 1. The van der Waals surface area contributed by atoms with Crippen molar-refractivity contribution in [1.29, 1.82) is 5.26 Å². The SMILES string of the molecule is CCc1cnc(C(C)n2c(N)nc3c(C#N)cccc32)s1. The number of aryl methyl sites for hydroxylation is 1. The molecular formula is C15H15N5S. The molecule has 0 aliphatic rings. The first-order valence-electron chi connectivity index (χ1n) is 6.76. The molecule has 5 nitrogen and oxygen atoms in total. The van der Waals surface area contributed by atoms with Crippen LogP contribution in [0.2, 0.25) is 0 Å². The lowest BCUT2D eigenvalue weighted by Gasteiger charge is -2.13. The van der Waals surface area contributed by atoms with Crippen LogP contribution >= 0.6 is 11.3 Å². The Labute approximate surface area is 126 Å². The molecule has 0 aliphatic carbocycles. The molecule has 2 heterocycles. The minimum atomic E-state index is -0.00533. The smallest absolute Gasteiger partial charge is 0.201 e. The van der Waals surface area contributed by atoms with Gasteiger partial charge in [-0.25, -0.2) is 9.97 Å². The van der Waals surface area contributed by atoms with Crippen LogP contribution in [0.25, 0.3) is 11.0 Å². The number of benzene rings is 1. The van der Waals surface area contributed by atoms with Crippen molar-refractivity contribution in [3.05, 3.63) is 39.8 Å². The van der Waals surface area contributed by atoms with Gasteiger partial charge < -0.3 is 10.3 Å². The monoisotopic (exact) mass is 297 g/mol. The summed E-state index contributed by atoms with van der Waals surface area (Å²) in [6.07, 6.45) is 2.88. The molecule has 0 aliphatic heterocycles. The normalized spacial score (nSPS) is 12.4. The number of hydrogen-bond donors (Lipinski definition) is 1. The summed E-state index contributed by atoms with van der Waals surface area (Å²) in [5, 5.41) is 10.2. The third-order valence-electron chi connectivity index (χ3n) is 3.53. The number of nitrogen functional groups attached to an aromatic ring is 1. The summed E-state index contributed by atoms with van der Waals surface area (Å²) in [4.78, 5) is 10.1. The standard InChI is InChI=1S/C15H15N5S/c1-3-11-8-18-14(21-11)9(2)20-12-6-4-5-10(7-16)13(12)19-15(20)17/h4-6,8-9H,3H2,1-2H3,(H2,17,19). The highest BCUT2D eigenvalue weighted by Gasteiger charge is 2.19. The van der Waals surface area contributed by atoms with Gasteiger partial charge in [0, 0.05) is 11.1 Å². The second-order valence-electron chi connectivity index (χ2n) is 4.82. The number of fused-ring (bicyclic) bond motifs is 1. The van der Waals surface area contributed by atoms with Gasteiger partial charge in [-0.15, -0.1) is 11.3 Å². The number of aromatic nitrogens is 3. The van der Waals surface area contributed by atoms with E-state index in [1.807, 2.05) is 22.9 Å². The van der Waals surface area contributed by atoms with Crippen LogP contribution in [0.4, 0.5) is 5.95 Å². The van der Waals surface area contributed by atoms with Crippen molar-refractivity contribution >= 4 is 28.3 Å². The lowest BCUT2D eigenvalue weighted by atomic mass is 10.2. The van der Waals surface area contributed by atoms with Gasteiger partial charge in [0.15, 0.2) is 0 Å². The van der Waals surface area contributed by atoms with E-state index in [1.54, 1.807) is 17.4 Å². The van der Waals surface area contributed by atoms with Crippen molar-refractivity contribution in [1.82, 2.24) is 14.5 Å². The van der Waals surface area contributed by atoms with Crippen molar-refractivity contribution in [2.75, 3.05) is 5.73 Å². The molecular weight excluding hydrogens is 282 g/mol. The third-order valence-corrected chi connectivity index (χ3v) is 4.84. The van der Waals surface area contributed by atoms with Crippen molar-refractivity contribution < 1.29 is 0 Å². The average molecular weight is 297 g/mol. The number of nitrogens with zero attached hydrogens (tertiary/aromatic N) is 4. The molecule has 1 unspecified atom stereocenters. The lowest BCUT2D eigenvalue weighted by molar-refractivity contribution is 0.662.